The molecular formula is C19H27N7O. The van der Waals surface area contributed by atoms with Gasteiger partial charge in [0.15, 0.2) is 11.6 Å². The molecule has 1 amide bonds. The van der Waals surface area contributed by atoms with Crippen LogP contribution >= 0.6 is 0 Å². The van der Waals surface area contributed by atoms with Crippen LogP contribution in [0.3, 0.4) is 0 Å². The minimum absolute atomic E-state index is 0.297. The molecule has 8 heteroatoms. The standard InChI is InChI=1S/C19H27N7O/c1-13(2)15-3-5-16(6-4-15)23-18-17(22-12-27)25-26-19(24-18)21-11-14-7-9-20-10-8-14/h3-6,12-14,20H,7-11H2,1-2H3,(H,22,25,27)(H2,21,23,24,26). The Bertz CT molecular complexity index is 742. The van der Waals surface area contributed by atoms with Crippen molar-refractivity contribution in [2.45, 2.75) is 32.6 Å². The lowest BCUT2D eigenvalue weighted by Gasteiger charge is -2.22. The molecular weight excluding hydrogens is 342 g/mol. The van der Waals surface area contributed by atoms with Crippen LogP contribution in [0.25, 0.3) is 0 Å². The smallest absolute Gasteiger partial charge is 0.244 e. The van der Waals surface area contributed by atoms with Crippen molar-refractivity contribution >= 4 is 29.7 Å². The lowest BCUT2D eigenvalue weighted by Crippen LogP contribution is -2.31. The molecule has 0 aliphatic carbocycles. The minimum atomic E-state index is 0.297. The van der Waals surface area contributed by atoms with Crippen molar-refractivity contribution in [1.29, 1.82) is 0 Å². The lowest BCUT2D eigenvalue weighted by molar-refractivity contribution is -0.105. The van der Waals surface area contributed by atoms with Crippen LogP contribution in [0.5, 0.6) is 0 Å². The topological polar surface area (TPSA) is 104 Å². The molecule has 1 aromatic heterocycles. The Morgan fingerprint density at radius 3 is 2.56 bits per heavy atom. The number of rotatable bonds is 8. The number of aromatic nitrogens is 3. The van der Waals surface area contributed by atoms with E-state index in [4.69, 9.17) is 0 Å². The molecule has 8 nitrogen and oxygen atoms in total. The van der Waals surface area contributed by atoms with Gasteiger partial charge < -0.3 is 21.3 Å². The zero-order valence-electron chi connectivity index (χ0n) is 15.8. The summed E-state index contributed by atoms with van der Waals surface area (Å²) in [5, 5.41) is 20.5. The number of hydrogen-bond acceptors (Lipinski definition) is 7. The third kappa shape index (κ3) is 5.37. The minimum Gasteiger partial charge on any atom is -0.353 e. The number of carbonyl (C=O) groups is 1. The van der Waals surface area contributed by atoms with Crippen molar-refractivity contribution in [3.63, 3.8) is 0 Å². The first-order valence-electron chi connectivity index (χ1n) is 9.42. The molecule has 1 fully saturated rings. The van der Waals surface area contributed by atoms with Crippen LogP contribution in [0.2, 0.25) is 0 Å². The maximum Gasteiger partial charge on any atom is 0.244 e. The molecule has 0 unspecified atom stereocenters. The van der Waals surface area contributed by atoms with Gasteiger partial charge in [-0.1, -0.05) is 26.0 Å². The summed E-state index contributed by atoms with van der Waals surface area (Å²) in [6.45, 7) is 7.22. The maximum atomic E-state index is 10.9. The number of nitrogens with one attached hydrogen (secondary N) is 4. The first kappa shape index (κ1) is 19.0. The highest BCUT2D eigenvalue weighted by Gasteiger charge is 2.14. The maximum absolute atomic E-state index is 10.9. The Labute approximate surface area is 159 Å². The molecule has 3 rings (SSSR count). The summed E-state index contributed by atoms with van der Waals surface area (Å²) in [4.78, 5) is 15.4. The molecule has 27 heavy (non-hydrogen) atoms. The van der Waals surface area contributed by atoms with Gasteiger partial charge in [0.05, 0.1) is 0 Å². The molecule has 2 heterocycles. The third-order valence-corrected chi connectivity index (χ3v) is 4.73. The fourth-order valence-corrected chi connectivity index (χ4v) is 3.05. The second kappa shape index (κ2) is 9.27. The predicted molar refractivity (Wildman–Crippen MR) is 107 cm³/mol. The van der Waals surface area contributed by atoms with Gasteiger partial charge in [0.2, 0.25) is 12.4 Å². The van der Waals surface area contributed by atoms with Crippen LogP contribution in [-0.4, -0.2) is 41.2 Å². The van der Waals surface area contributed by atoms with E-state index in [9.17, 15) is 4.79 Å². The summed E-state index contributed by atoms with van der Waals surface area (Å²) >= 11 is 0. The van der Waals surface area contributed by atoms with E-state index in [0.29, 0.717) is 35.8 Å². The van der Waals surface area contributed by atoms with E-state index in [2.05, 4.69) is 62.4 Å². The van der Waals surface area contributed by atoms with Crippen molar-refractivity contribution in [1.82, 2.24) is 20.5 Å². The van der Waals surface area contributed by atoms with Gasteiger partial charge in [0.25, 0.3) is 0 Å². The number of carbonyl (C=O) groups excluding carboxylic acids is 1. The molecule has 0 atom stereocenters. The van der Waals surface area contributed by atoms with Crippen LogP contribution in [0.1, 0.15) is 38.2 Å². The van der Waals surface area contributed by atoms with E-state index in [1.54, 1.807) is 0 Å². The van der Waals surface area contributed by atoms with Gasteiger partial charge in [-0.25, -0.2) is 0 Å². The molecule has 1 aliphatic heterocycles. The first-order valence-corrected chi connectivity index (χ1v) is 9.42. The zero-order chi connectivity index (χ0) is 19.1. The van der Waals surface area contributed by atoms with Crippen LogP contribution in [0.4, 0.5) is 23.3 Å². The number of piperidine rings is 1. The molecule has 2 aromatic rings. The molecule has 1 saturated heterocycles. The van der Waals surface area contributed by atoms with Gasteiger partial charge in [0.1, 0.15) is 0 Å². The number of hydrogen-bond donors (Lipinski definition) is 4. The Morgan fingerprint density at radius 2 is 1.89 bits per heavy atom. The Balaban J connectivity index is 1.71. The van der Waals surface area contributed by atoms with E-state index < -0.39 is 0 Å². The lowest BCUT2D eigenvalue weighted by atomic mass is 9.98. The zero-order valence-corrected chi connectivity index (χ0v) is 15.8. The molecule has 144 valence electrons. The van der Waals surface area contributed by atoms with Gasteiger partial charge in [-0.15, -0.1) is 10.2 Å². The highest BCUT2D eigenvalue weighted by Crippen LogP contribution is 2.24. The van der Waals surface area contributed by atoms with Crippen LogP contribution < -0.4 is 21.3 Å². The van der Waals surface area contributed by atoms with Gasteiger partial charge in [-0.3, -0.25) is 4.79 Å². The second-order valence-corrected chi connectivity index (χ2v) is 7.07. The number of amides is 1. The van der Waals surface area contributed by atoms with E-state index in [1.165, 1.54) is 5.56 Å². The Morgan fingerprint density at radius 1 is 1.15 bits per heavy atom. The van der Waals surface area contributed by atoms with Gasteiger partial charge in [-0.2, -0.15) is 4.98 Å². The Kier molecular flexibility index (Phi) is 6.54. The van der Waals surface area contributed by atoms with E-state index in [1.807, 2.05) is 12.1 Å². The SMILES string of the molecule is CC(C)c1ccc(Nc2nc(NCC3CCNCC3)nnc2NC=O)cc1. The molecule has 0 saturated carbocycles. The van der Waals surface area contributed by atoms with Gasteiger partial charge in [-0.05, 0) is 55.5 Å². The summed E-state index contributed by atoms with van der Waals surface area (Å²) in [6.07, 6.45) is 2.85. The van der Waals surface area contributed by atoms with E-state index in [-0.39, 0.29) is 0 Å². The number of benzene rings is 1. The fraction of sp³-hybridized carbons (Fsp3) is 0.474. The molecule has 0 bridgehead atoms. The van der Waals surface area contributed by atoms with Crippen molar-refractivity contribution < 1.29 is 4.79 Å². The summed E-state index contributed by atoms with van der Waals surface area (Å²) in [7, 11) is 0. The molecule has 1 aliphatic rings. The van der Waals surface area contributed by atoms with E-state index >= 15 is 0 Å². The largest absolute Gasteiger partial charge is 0.353 e. The number of anilines is 4. The van der Waals surface area contributed by atoms with Crippen molar-refractivity contribution in [3.05, 3.63) is 29.8 Å². The highest BCUT2D eigenvalue weighted by molar-refractivity contribution is 5.78. The fourth-order valence-electron chi connectivity index (χ4n) is 3.05. The van der Waals surface area contributed by atoms with Crippen LogP contribution in [-0.2, 0) is 4.79 Å². The summed E-state index contributed by atoms with van der Waals surface area (Å²) in [5.41, 5.74) is 2.13. The molecule has 0 radical (unpaired) electrons. The van der Waals surface area contributed by atoms with Crippen molar-refractivity contribution in [2.75, 3.05) is 35.6 Å². The summed E-state index contributed by atoms with van der Waals surface area (Å²) in [6, 6.07) is 8.13. The summed E-state index contributed by atoms with van der Waals surface area (Å²) < 4.78 is 0. The average molecular weight is 369 g/mol. The van der Waals surface area contributed by atoms with Crippen molar-refractivity contribution in [2.24, 2.45) is 5.92 Å². The van der Waals surface area contributed by atoms with Crippen LogP contribution in [0.15, 0.2) is 24.3 Å². The van der Waals surface area contributed by atoms with Crippen LogP contribution in [0, 0.1) is 5.92 Å². The predicted octanol–water partition coefficient (Wildman–Crippen LogP) is 2.72. The average Bonchev–Trinajstić information content (AvgIpc) is 2.69. The second-order valence-electron chi connectivity index (χ2n) is 7.07. The normalized spacial score (nSPS) is 14.8. The third-order valence-electron chi connectivity index (χ3n) is 4.73. The van der Waals surface area contributed by atoms with E-state index in [0.717, 1.165) is 38.2 Å². The Hall–Kier alpha value is -2.74. The molecule has 4 N–H and O–H groups in total. The van der Waals surface area contributed by atoms with Gasteiger partial charge >= 0.3 is 0 Å². The van der Waals surface area contributed by atoms with Gasteiger partial charge in [0, 0.05) is 12.2 Å². The van der Waals surface area contributed by atoms with Crippen molar-refractivity contribution in [3.8, 4) is 0 Å². The number of nitrogens with zero attached hydrogens (tertiary/aromatic N) is 3. The first-order chi connectivity index (χ1) is 13.2. The molecule has 1 aromatic carbocycles. The highest BCUT2D eigenvalue weighted by atomic mass is 16.1. The monoisotopic (exact) mass is 369 g/mol. The summed E-state index contributed by atoms with van der Waals surface area (Å²) in [5.74, 6) is 2.28. The quantitative estimate of drug-likeness (QED) is 0.530. The molecule has 0 spiro atoms.